The van der Waals surface area contributed by atoms with Crippen LogP contribution in [0.4, 0.5) is 10.2 Å². The first-order valence-corrected chi connectivity index (χ1v) is 12.9. The highest BCUT2D eigenvalue weighted by molar-refractivity contribution is 9.10. The lowest BCUT2D eigenvalue weighted by Crippen LogP contribution is -2.44. The number of anilines is 1. The molecule has 1 aliphatic rings. The van der Waals surface area contributed by atoms with Gasteiger partial charge >= 0.3 is 0 Å². The van der Waals surface area contributed by atoms with Crippen molar-refractivity contribution in [2.24, 2.45) is 0 Å². The quantitative estimate of drug-likeness (QED) is 0.258. The zero-order chi connectivity index (χ0) is 27.0. The molecule has 2 atom stereocenters. The summed E-state index contributed by atoms with van der Waals surface area (Å²) >= 11 is 3.25. The molecule has 1 aromatic carbocycles. The van der Waals surface area contributed by atoms with Gasteiger partial charge < -0.3 is 14.8 Å². The summed E-state index contributed by atoms with van der Waals surface area (Å²) in [5.41, 5.74) is 3.89. The Kier molecular flexibility index (Phi) is 7.07. The number of nitrogens with one attached hydrogen (secondary N) is 1. The second-order valence-corrected chi connectivity index (χ2v) is 10.2. The third kappa shape index (κ3) is 5.22. The molecule has 3 aromatic heterocycles. The highest BCUT2D eigenvalue weighted by atomic mass is 79.9. The fourth-order valence-electron chi connectivity index (χ4n) is 4.76. The van der Waals surface area contributed by atoms with Gasteiger partial charge in [-0.2, -0.15) is 0 Å². The van der Waals surface area contributed by atoms with Gasteiger partial charge in [-0.25, -0.2) is 9.37 Å². The fourth-order valence-corrected chi connectivity index (χ4v) is 5.10. The first kappa shape index (κ1) is 25.7. The van der Waals surface area contributed by atoms with Gasteiger partial charge in [0.2, 0.25) is 11.8 Å². The van der Waals surface area contributed by atoms with E-state index in [9.17, 15) is 18.8 Å². The van der Waals surface area contributed by atoms with E-state index < -0.39 is 24.0 Å². The highest BCUT2D eigenvalue weighted by Gasteiger charge is 2.40. The summed E-state index contributed by atoms with van der Waals surface area (Å²) in [7, 11) is 0. The smallest absolute Gasteiger partial charge is 0.248 e. The van der Waals surface area contributed by atoms with Crippen LogP contribution in [0.5, 0.6) is 0 Å². The standard InChI is InChI=1S/C28H25BrFN5O3/c1-16-6-7-19(12-31-16)18-8-9-23-21(10-18)22(17(2)36)14-34(23)15-27(37)35-13-20(30)11-24(35)28(38)33-26-5-3-4-25(29)32-26/h3-10,12,14,20,24H,11,13,15H2,1-2H3,(H,32,33,38). The number of aryl methyl sites for hydroxylation is 1. The molecule has 1 N–H and O–H groups in total. The lowest BCUT2D eigenvalue weighted by Gasteiger charge is -2.24. The van der Waals surface area contributed by atoms with Crippen LogP contribution in [0.3, 0.4) is 0 Å². The number of fused-ring (bicyclic) bond motifs is 1. The van der Waals surface area contributed by atoms with Crippen LogP contribution in [-0.4, -0.2) is 55.8 Å². The Hall–Kier alpha value is -3.92. The second-order valence-electron chi connectivity index (χ2n) is 9.38. The molecule has 0 radical (unpaired) electrons. The van der Waals surface area contributed by atoms with Crippen LogP contribution >= 0.6 is 15.9 Å². The van der Waals surface area contributed by atoms with E-state index in [1.54, 1.807) is 35.2 Å². The van der Waals surface area contributed by atoms with Crippen molar-refractivity contribution in [2.45, 2.75) is 39.0 Å². The van der Waals surface area contributed by atoms with Crippen molar-refractivity contribution in [2.75, 3.05) is 11.9 Å². The van der Waals surface area contributed by atoms with E-state index in [0.29, 0.717) is 26.9 Å². The van der Waals surface area contributed by atoms with Crippen LogP contribution in [0.15, 0.2) is 65.5 Å². The van der Waals surface area contributed by atoms with Crippen LogP contribution in [0.2, 0.25) is 0 Å². The van der Waals surface area contributed by atoms with Gasteiger partial charge in [0.25, 0.3) is 0 Å². The molecule has 194 valence electrons. The molecule has 0 bridgehead atoms. The molecule has 1 fully saturated rings. The van der Waals surface area contributed by atoms with E-state index in [0.717, 1.165) is 16.8 Å². The molecule has 4 aromatic rings. The minimum absolute atomic E-state index is 0.0926. The molecule has 4 heterocycles. The average Bonchev–Trinajstić information content (AvgIpc) is 3.45. The predicted molar refractivity (Wildman–Crippen MR) is 145 cm³/mol. The van der Waals surface area contributed by atoms with E-state index in [4.69, 9.17) is 0 Å². The number of hydrogen-bond acceptors (Lipinski definition) is 5. The number of nitrogens with zero attached hydrogens (tertiary/aromatic N) is 4. The minimum atomic E-state index is -1.31. The topological polar surface area (TPSA) is 97.2 Å². The number of carbonyl (C=O) groups is 3. The number of halogens is 2. The van der Waals surface area contributed by atoms with Crippen LogP contribution in [0, 0.1) is 6.92 Å². The first-order valence-electron chi connectivity index (χ1n) is 12.1. The van der Waals surface area contributed by atoms with Crippen molar-refractivity contribution in [3.63, 3.8) is 0 Å². The molecule has 0 spiro atoms. The van der Waals surface area contributed by atoms with Gasteiger partial charge in [0.05, 0.1) is 6.54 Å². The summed E-state index contributed by atoms with van der Waals surface area (Å²) in [6, 6.07) is 13.6. The van der Waals surface area contributed by atoms with Crippen molar-refractivity contribution < 1.29 is 18.8 Å². The minimum Gasteiger partial charge on any atom is -0.337 e. The summed E-state index contributed by atoms with van der Waals surface area (Å²) in [5.74, 6) is -0.737. The molecule has 0 aliphatic carbocycles. The number of Topliss-reactive ketones (excluding diaryl/α,β-unsaturated/α-hetero) is 1. The van der Waals surface area contributed by atoms with Gasteiger partial charge in [-0.15, -0.1) is 0 Å². The van der Waals surface area contributed by atoms with E-state index in [1.807, 2.05) is 37.3 Å². The number of rotatable bonds is 6. The van der Waals surface area contributed by atoms with Gasteiger partial charge in [0.15, 0.2) is 5.78 Å². The van der Waals surface area contributed by atoms with Crippen LogP contribution < -0.4 is 5.32 Å². The number of carbonyl (C=O) groups excluding carboxylic acids is 3. The average molecular weight is 578 g/mol. The number of benzene rings is 1. The lowest BCUT2D eigenvalue weighted by atomic mass is 10.0. The first-order chi connectivity index (χ1) is 18.2. The van der Waals surface area contributed by atoms with Crippen molar-refractivity contribution in [1.29, 1.82) is 0 Å². The zero-order valence-corrected chi connectivity index (χ0v) is 22.4. The summed E-state index contributed by atoms with van der Waals surface area (Å²) in [5, 5.41) is 3.38. The number of ketones is 1. The summed E-state index contributed by atoms with van der Waals surface area (Å²) in [6.07, 6.45) is 2.01. The van der Waals surface area contributed by atoms with Gasteiger partial charge in [0.1, 0.15) is 29.2 Å². The van der Waals surface area contributed by atoms with Gasteiger partial charge in [-0.05, 0) is 65.7 Å². The van der Waals surface area contributed by atoms with E-state index in [2.05, 4.69) is 31.2 Å². The third-order valence-corrected chi connectivity index (χ3v) is 7.09. The Morgan fingerprint density at radius 1 is 1.13 bits per heavy atom. The highest BCUT2D eigenvalue weighted by Crippen LogP contribution is 2.29. The monoisotopic (exact) mass is 577 g/mol. The van der Waals surface area contributed by atoms with Gasteiger partial charge in [-0.1, -0.05) is 18.2 Å². The molecular weight excluding hydrogens is 553 g/mol. The Morgan fingerprint density at radius 3 is 2.63 bits per heavy atom. The Labute approximate surface area is 227 Å². The Morgan fingerprint density at radius 2 is 1.92 bits per heavy atom. The third-order valence-electron chi connectivity index (χ3n) is 6.65. The molecule has 8 nitrogen and oxygen atoms in total. The maximum absolute atomic E-state index is 14.4. The molecule has 5 rings (SSSR count). The number of hydrogen-bond donors (Lipinski definition) is 1. The molecule has 2 unspecified atom stereocenters. The Bertz CT molecular complexity index is 1550. The van der Waals surface area contributed by atoms with Crippen molar-refractivity contribution in [3.05, 3.63) is 76.8 Å². The van der Waals surface area contributed by atoms with Crippen LogP contribution in [0.1, 0.15) is 29.4 Å². The maximum Gasteiger partial charge on any atom is 0.248 e. The lowest BCUT2D eigenvalue weighted by molar-refractivity contribution is -0.137. The molecular formula is C28H25BrFN5O3. The molecule has 10 heteroatoms. The molecule has 0 saturated carbocycles. The van der Waals surface area contributed by atoms with Crippen LogP contribution in [-0.2, 0) is 16.1 Å². The molecule has 1 aliphatic heterocycles. The summed E-state index contributed by atoms with van der Waals surface area (Å²) in [6.45, 7) is 3.08. The van der Waals surface area contributed by atoms with E-state index in [-0.39, 0.29) is 25.3 Å². The number of pyridine rings is 2. The van der Waals surface area contributed by atoms with Crippen LogP contribution in [0.25, 0.3) is 22.0 Å². The van der Waals surface area contributed by atoms with Crippen molar-refractivity contribution >= 4 is 50.2 Å². The summed E-state index contributed by atoms with van der Waals surface area (Å²) < 4.78 is 16.7. The van der Waals surface area contributed by atoms with Crippen molar-refractivity contribution in [3.8, 4) is 11.1 Å². The normalized spacial score (nSPS) is 17.1. The SMILES string of the molecule is CC(=O)c1cn(CC(=O)N2CC(F)CC2C(=O)Nc2cccc(Br)n2)c2ccc(-c3ccc(C)nc3)cc12. The Balaban J connectivity index is 1.41. The molecule has 38 heavy (non-hydrogen) atoms. The van der Waals surface area contributed by atoms with Crippen molar-refractivity contribution in [1.82, 2.24) is 19.4 Å². The molecule has 2 amide bonds. The van der Waals surface area contributed by atoms with Gasteiger partial charge in [0, 0.05) is 46.5 Å². The maximum atomic E-state index is 14.4. The van der Waals surface area contributed by atoms with Gasteiger partial charge in [-0.3, -0.25) is 19.4 Å². The van der Waals surface area contributed by atoms with E-state index >= 15 is 0 Å². The largest absolute Gasteiger partial charge is 0.337 e. The second kappa shape index (κ2) is 10.4. The number of alkyl halides is 1. The number of aromatic nitrogens is 3. The number of likely N-dealkylation sites (tertiary alicyclic amines) is 1. The molecule has 1 saturated heterocycles. The predicted octanol–water partition coefficient (Wildman–Crippen LogP) is 4.95. The number of amides is 2. The summed E-state index contributed by atoms with van der Waals surface area (Å²) in [4.78, 5) is 48.6. The zero-order valence-electron chi connectivity index (χ0n) is 20.8. The fraction of sp³-hybridized carbons (Fsp3) is 0.250. The van der Waals surface area contributed by atoms with E-state index in [1.165, 1.54) is 11.8 Å².